The molecule has 2 heterocycles. The number of aromatic nitrogens is 1. The van der Waals surface area contributed by atoms with Gasteiger partial charge in [0.1, 0.15) is 0 Å². The molecule has 1 unspecified atom stereocenters. The summed E-state index contributed by atoms with van der Waals surface area (Å²) in [6.07, 6.45) is 5.36. The Morgan fingerprint density at radius 2 is 2.40 bits per heavy atom. The number of hydrogen-bond acceptors (Lipinski definition) is 3. The summed E-state index contributed by atoms with van der Waals surface area (Å²) in [4.78, 5) is 18.2. The van der Waals surface area contributed by atoms with Crippen LogP contribution in [-0.4, -0.2) is 35.0 Å². The van der Waals surface area contributed by atoms with Crippen molar-refractivity contribution < 1.29 is 4.79 Å². The summed E-state index contributed by atoms with van der Waals surface area (Å²) < 4.78 is 0. The zero-order valence-corrected chi connectivity index (χ0v) is 11.9. The van der Waals surface area contributed by atoms with Crippen molar-refractivity contribution in [2.75, 3.05) is 13.1 Å². The number of amides is 2. The van der Waals surface area contributed by atoms with E-state index in [1.807, 2.05) is 24.0 Å². The molecular weight excluding hydrogens is 252 g/mol. The fourth-order valence-electron chi connectivity index (χ4n) is 3.31. The number of carbonyl (C=O) groups excluding carboxylic acids is 1. The maximum absolute atomic E-state index is 12.2. The highest BCUT2D eigenvalue weighted by molar-refractivity contribution is 5.74. The van der Waals surface area contributed by atoms with E-state index in [-0.39, 0.29) is 17.5 Å². The third-order valence-electron chi connectivity index (χ3n) is 4.75. The number of hydrogen-bond donors (Lipinski definition) is 2. The zero-order chi connectivity index (χ0) is 14.2. The molecule has 1 atom stereocenters. The van der Waals surface area contributed by atoms with E-state index in [0.717, 1.165) is 17.8 Å². The maximum Gasteiger partial charge on any atom is 0.317 e. The second kappa shape index (κ2) is 5.05. The van der Waals surface area contributed by atoms with Crippen LogP contribution in [0.4, 0.5) is 4.79 Å². The molecule has 20 heavy (non-hydrogen) atoms. The minimum absolute atomic E-state index is 0.00121. The van der Waals surface area contributed by atoms with E-state index < -0.39 is 0 Å². The third-order valence-corrected chi connectivity index (χ3v) is 4.75. The Hall–Kier alpha value is -1.62. The van der Waals surface area contributed by atoms with Gasteiger partial charge >= 0.3 is 6.03 Å². The monoisotopic (exact) mass is 274 g/mol. The van der Waals surface area contributed by atoms with Gasteiger partial charge in [0.05, 0.1) is 0 Å². The van der Waals surface area contributed by atoms with Crippen LogP contribution in [0.15, 0.2) is 18.3 Å². The number of urea groups is 1. The molecule has 1 aliphatic carbocycles. The lowest BCUT2D eigenvalue weighted by Crippen LogP contribution is -2.45. The summed E-state index contributed by atoms with van der Waals surface area (Å²) in [6, 6.07) is 4.06. The average Bonchev–Trinajstić information content (AvgIpc) is 2.74. The zero-order valence-electron chi connectivity index (χ0n) is 11.9. The Kier molecular flexibility index (Phi) is 3.38. The molecule has 1 aromatic rings. The Labute approximate surface area is 119 Å². The summed E-state index contributed by atoms with van der Waals surface area (Å²) in [5.41, 5.74) is 8.46. The number of nitrogens with zero attached hydrogens (tertiary/aromatic N) is 2. The number of pyridine rings is 1. The highest BCUT2D eigenvalue weighted by Gasteiger charge is 2.49. The number of nitrogens with two attached hydrogens (primary N) is 1. The van der Waals surface area contributed by atoms with Crippen molar-refractivity contribution in [2.24, 2.45) is 11.1 Å². The van der Waals surface area contributed by atoms with Crippen LogP contribution in [0.5, 0.6) is 0 Å². The molecule has 3 rings (SSSR count). The van der Waals surface area contributed by atoms with Gasteiger partial charge in [0.2, 0.25) is 0 Å². The minimum atomic E-state index is -0.00121. The molecule has 0 aromatic carbocycles. The lowest BCUT2D eigenvalue weighted by atomic mass is 9.66. The SMILES string of the molecule is Cc1cc(CNC(=O)N2CC(N)C3(CCC3)C2)ccn1. The standard InChI is InChI=1S/C15H22N4O/c1-11-7-12(3-6-17-11)8-18-14(20)19-9-13(16)15(10-19)4-2-5-15/h3,6-7,13H,2,4-5,8-10,16H2,1H3,(H,18,20). The quantitative estimate of drug-likeness (QED) is 0.856. The van der Waals surface area contributed by atoms with Crippen LogP contribution in [0.25, 0.3) is 0 Å². The van der Waals surface area contributed by atoms with Crippen LogP contribution in [0.3, 0.4) is 0 Å². The normalized spacial score (nSPS) is 23.7. The van der Waals surface area contributed by atoms with Crippen molar-refractivity contribution >= 4 is 6.03 Å². The molecule has 1 saturated heterocycles. The van der Waals surface area contributed by atoms with Crippen LogP contribution in [0.1, 0.15) is 30.5 Å². The largest absolute Gasteiger partial charge is 0.334 e. The Morgan fingerprint density at radius 1 is 1.60 bits per heavy atom. The molecule has 0 bridgehead atoms. The second-order valence-corrected chi connectivity index (χ2v) is 6.17. The first-order chi connectivity index (χ1) is 9.59. The first-order valence-corrected chi connectivity index (χ1v) is 7.29. The number of nitrogens with one attached hydrogen (secondary N) is 1. The molecule has 5 nitrogen and oxygen atoms in total. The summed E-state index contributed by atoms with van der Waals surface area (Å²) in [5, 5.41) is 2.98. The summed E-state index contributed by atoms with van der Waals surface area (Å²) in [7, 11) is 0. The first kappa shape index (κ1) is 13.4. The summed E-state index contributed by atoms with van der Waals surface area (Å²) >= 11 is 0. The molecule has 3 N–H and O–H groups in total. The average molecular weight is 274 g/mol. The van der Waals surface area contributed by atoms with Gasteiger partial charge in [-0.1, -0.05) is 6.42 Å². The number of aryl methyl sites for hydroxylation is 1. The molecule has 2 aliphatic rings. The van der Waals surface area contributed by atoms with E-state index in [0.29, 0.717) is 13.1 Å². The molecule has 5 heteroatoms. The van der Waals surface area contributed by atoms with Crippen LogP contribution in [0, 0.1) is 12.3 Å². The summed E-state index contributed by atoms with van der Waals surface area (Å²) in [5.74, 6) is 0. The highest BCUT2D eigenvalue weighted by atomic mass is 16.2. The molecule has 108 valence electrons. The van der Waals surface area contributed by atoms with E-state index in [9.17, 15) is 4.79 Å². The fraction of sp³-hybridized carbons (Fsp3) is 0.600. The van der Waals surface area contributed by atoms with Crippen molar-refractivity contribution in [3.63, 3.8) is 0 Å². The van der Waals surface area contributed by atoms with E-state index in [4.69, 9.17) is 5.73 Å². The minimum Gasteiger partial charge on any atom is -0.334 e. The lowest BCUT2D eigenvalue weighted by Gasteiger charge is -2.41. The highest BCUT2D eigenvalue weighted by Crippen LogP contribution is 2.47. The molecule has 2 amide bonds. The smallest absolute Gasteiger partial charge is 0.317 e. The first-order valence-electron chi connectivity index (χ1n) is 7.29. The molecule has 1 aliphatic heterocycles. The van der Waals surface area contributed by atoms with Gasteiger partial charge in [-0.25, -0.2) is 4.79 Å². The van der Waals surface area contributed by atoms with Crippen molar-refractivity contribution in [3.8, 4) is 0 Å². The van der Waals surface area contributed by atoms with Crippen molar-refractivity contribution in [1.82, 2.24) is 15.2 Å². The van der Waals surface area contributed by atoms with Gasteiger partial charge < -0.3 is 16.0 Å². The van der Waals surface area contributed by atoms with E-state index in [1.165, 1.54) is 19.3 Å². The van der Waals surface area contributed by atoms with Crippen molar-refractivity contribution in [2.45, 2.75) is 38.8 Å². The van der Waals surface area contributed by atoms with Gasteiger partial charge in [-0.3, -0.25) is 4.98 Å². The molecular formula is C15H22N4O. The van der Waals surface area contributed by atoms with E-state index >= 15 is 0 Å². The van der Waals surface area contributed by atoms with E-state index in [2.05, 4.69) is 10.3 Å². The fourth-order valence-corrected chi connectivity index (χ4v) is 3.31. The van der Waals surface area contributed by atoms with Crippen LogP contribution in [-0.2, 0) is 6.54 Å². The van der Waals surface area contributed by atoms with Gasteiger partial charge in [0.15, 0.2) is 0 Å². The maximum atomic E-state index is 12.2. The van der Waals surface area contributed by atoms with Gasteiger partial charge in [0, 0.05) is 43.0 Å². The molecule has 0 radical (unpaired) electrons. The van der Waals surface area contributed by atoms with E-state index in [1.54, 1.807) is 6.20 Å². The Morgan fingerprint density at radius 3 is 3.00 bits per heavy atom. The third kappa shape index (κ3) is 2.38. The van der Waals surface area contributed by atoms with Gasteiger partial charge in [0.25, 0.3) is 0 Å². The lowest BCUT2D eigenvalue weighted by molar-refractivity contribution is 0.125. The second-order valence-electron chi connectivity index (χ2n) is 6.17. The van der Waals surface area contributed by atoms with Crippen molar-refractivity contribution in [3.05, 3.63) is 29.6 Å². The Balaban J connectivity index is 1.55. The van der Waals surface area contributed by atoms with Crippen LogP contribution >= 0.6 is 0 Å². The number of rotatable bonds is 2. The number of likely N-dealkylation sites (tertiary alicyclic amines) is 1. The predicted molar refractivity (Wildman–Crippen MR) is 77.0 cm³/mol. The summed E-state index contributed by atoms with van der Waals surface area (Å²) in [6.45, 7) is 3.99. The van der Waals surface area contributed by atoms with Gasteiger partial charge in [-0.15, -0.1) is 0 Å². The predicted octanol–water partition coefficient (Wildman–Crippen LogP) is 1.41. The Bertz CT molecular complexity index is 512. The number of carbonyl (C=O) groups is 1. The topological polar surface area (TPSA) is 71.2 Å². The molecule has 1 saturated carbocycles. The molecule has 1 spiro atoms. The van der Waals surface area contributed by atoms with Crippen molar-refractivity contribution in [1.29, 1.82) is 0 Å². The molecule has 1 aromatic heterocycles. The van der Waals surface area contributed by atoms with Gasteiger partial charge in [-0.2, -0.15) is 0 Å². The molecule has 2 fully saturated rings. The van der Waals surface area contributed by atoms with Crippen LogP contribution < -0.4 is 11.1 Å². The van der Waals surface area contributed by atoms with Gasteiger partial charge in [-0.05, 0) is 37.5 Å². The van der Waals surface area contributed by atoms with Crippen LogP contribution in [0.2, 0.25) is 0 Å².